The van der Waals surface area contributed by atoms with Gasteiger partial charge in [-0.15, -0.1) is 11.3 Å². The number of hydrogen-bond acceptors (Lipinski definition) is 5. The third kappa shape index (κ3) is 4.37. The summed E-state index contributed by atoms with van der Waals surface area (Å²) in [7, 11) is 0. The molecule has 0 aliphatic heterocycles. The van der Waals surface area contributed by atoms with E-state index >= 15 is 0 Å². The number of hydrogen-bond donors (Lipinski definition) is 0. The van der Waals surface area contributed by atoms with Crippen LogP contribution in [-0.2, 0) is 0 Å². The second-order valence-electron chi connectivity index (χ2n) is 12.8. The van der Waals surface area contributed by atoms with Crippen LogP contribution in [0.5, 0.6) is 0 Å². The lowest BCUT2D eigenvalue weighted by Gasteiger charge is -2.11. The summed E-state index contributed by atoms with van der Waals surface area (Å²) >= 11 is 1.81. The fourth-order valence-corrected chi connectivity index (χ4v) is 8.63. The second-order valence-corrected chi connectivity index (χ2v) is 13.9. The molecule has 238 valence electrons. The molecule has 7 aromatic carbocycles. The van der Waals surface area contributed by atoms with Gasteiger partial charge in [0, 0.05) is 64.1 Å². The van der Waals surface area contributed by atoms with Crippen LogP contribution in [0.1, 0.15) is 0 Å². The highest BCUT2D eigenvalue weighted by Crippen LogP contribution is 2.40. The van der Waals surface area contributed by atoms with Crippen molar-refractivity contribution in [2.24, 2.45) is 0 Å². The summed E-state index contributed by atoms with van der Waals surface area (Å²) < 4.78 is 11.1. The van der Waals surface area contributed by atoms with Gasteiger partial charge >= 0.3 is 0 Å². The Hall–Kier alpha value is -6.63. The van der Waals surface area contributed by atoms with Gasteiger partial charge in [0.2, 0.25) is 0 Å². The van der Waals surface area contributed by atoms with E-state index in [0.717, 1.165) is 55.3 Å². The summed E-state index contributed by atoms with van der Waals surface area (Å²) in [5.41, 5.74) is 7.76. The summed E-state index contributed by atoms with van der Waals surface area (Å²) in [5, 5.41) is 6.85. The lowest BCUT2D eigenvalue weighted by atomic mass is 10.0. The van der Waals surface area contributed by atoms with Gasteiger partial charge in [-0.25, -0.2) is 15.0 Å². The summed E-state index contributed by atoms with van der Waals surface area (Å²) in [6.45, 7) is 0. The maximum atomic E-state index is 6.28. The molecule has 0 aliphatic carbocycles. The predicted molar refractivity (Wildman–Crippen MR) is 211 cm³/mol. The molecule has 5 nitrogen and oxygen atoms in total. The molecular formula is C45H26N4OS. The zero-order valence-corrected chi connectivity index (χ0v) is 27.9. The highest BCUT2D eigenvalue weighted by molar-refractivity contribution is 7.25. The number of rotatable bonds is 4. The van der Waals surface area contributed by atoms with Crippen molar-refractivity contribution in [1.82, 2.24) is 19.5 Å². The first kappa shape index (κ1) is 28.2. The lowest BCUT2D eigenvalue weighted by molar-refractivity contribution is 0.669. The van der Waals surface area contributed by atoms with Crippen molar-refractivity contribution in [2.75, 3.05) is 0 Å². The Morgan fingerprint density at radius 2 is 1.08 bits per heavy atom. The molecule has 0 radical (unpaired) electrons. The Bertz CT molecular complexity index is 3150. The lowest BCUT2D eigenvalue weighted by Crippen LogP contribution is -2.01. The topological polar surface area (TPSA) is 56.7 Å². The van der Waals surface area contributed by atoms with Gasteiger partial charge in [0.1, 0.15) is 11.2 Å². The zero-order valence-electron chi connectivity index (χ0n) is 27.1. The number of nitrogens with zero attached hydrogens (tertiary/aromatic N) is 4. The SMILES string of the molecule is c1ccc(-n2c3ccccc3c3ccc(-c4nc(-c5ccc6sc7ccccc7c6c5)nc(-c5cccc6oc7ccccc7c56)n4)cc32)cc1. The fourth-order valence-electron chi connectivity index (χ4n) is 7.55. The largest absolute Gasteiger partial charge is 0.456 e. The molecule has 0 fully saturated rings. The van der Waals surface area contributed by atoms with Gasteiger partial charge in [-0.2, -0.15) is 0 Å². The van der Waals surface area contributed by atoms with Crippen LogP contribution in [-0.4, -0.2) is 19.5 Å². The average molecular weight is 671 g/mol. The van der Waals surface area contributed by atoms with Gasteiger partial charge in [-0.3, -0.25) is 0 Å². The van der Waals surface area contributed by atoms with Crippen molar-refractivity contribution in [2.45, 2.75) is 0 Å². The standard InChI is InChI=1S/C45H26N4OS/c1-2-11-29(12-3-1)49-36-17-7-4-13-30(36)31-23-21-28(26-37(31)49)44-46-43(27-22-24-41-35(25-27)32-14-6-9-20-40(32)51-41)47-45(48-44)34-16-10-19-39-42(34)33-15-5-8-18-38(33)50-39/h1-26H. The molecule has 6 heteroatoms. The van der Waals surface area contributed by atoms with Gasteiger partial charge < -0.3 is 8.98 Å². The van der Waals surface area contributed by atoms with Crippen LogP contribution in [0.3, 0.4) is 0 Å². The molecule has 0 bridgehead atoms. The molecule has 11 aromatic rings. The Balaban J connectivity index is 1.19. The maximum absolute atomic E-state index is 6.28. The van der Waals surface area contributed by atoms with Crippen LogP contribution in [0, 0.1) is 0 Å². The van der Waals surface area contributed by atoms with Crippen molar-refractivity contribution >= 4 is 75.3 Å². The van der Waals surface area contributed by atoms with Gasteiger partial charge in [0.15, 0.2) is 17.5 Å². The first-order valence-corrected chi connectivity index (χ1v) is 17.8. The summed E-state index contributed by atoms with van der Waals surface area (Å²) in [6.07, 6.45) is 0. The molecule has 0 saturated carbocycles. The van der Waals surface area contributed by atoms with Crippen LogP contribution >= 0.6 is 11.3 Å². The highest BCUT2D eigenvalue weighted by Gasteiger charge is 2.20. The van der Waals surface area contributed by atoms with Gasteiger partial charge in [0.05, 0.1) is 11.0 Å². The first-order chi connectivity index (χ1) is 25.3. The highest BCUT2D eigenvalue weighted by atomic mass is 32.1. The molecule has 51 heavy (non-hydrogen) atoms. The van der Waals surface area contributed by atoms with Crippen molar-refractivity contribution in [3.05, 3.63) is 158 Å². The quantitative estimate of drug-likeness (QED) is 0.187. The smallest absolute Gasteiger partial charge is 0.164 e. The van der Waals surface area contributed by atoms with Crippen LogP contribution in [0.15, 0.2) is 162 Å². The molecular weight excluding hydrogens is 645 g/mol. The first-order valence-electron chi connectivity index (χ1n) is 16.9. The van der Waals surface area contributed by atoms with E-state index in [-0.39, 0.29) is 0 Å². The summed E-state index contributed by atoms with van der Waals surface area (Å²) in [4.78, 5) is 15.6. The summed E-state index contributed by atoms with van der Waals surface area (Å²) in [5.74, 6) is 1.84. The minimum Gasteiger partial charge on any atom is -0.456 e. The number of benzene rings is 7. The van der Waals surface area contributed by atoms with E-state index in [0.29, 0.717) is 17.5 Å². The number of furan rings is 1. The Kier molecular flexibility index (Phi) is 6.05. The van der Waals surface area contributed by atoms with Gasteiger partial charge in [-0.05, 0) is 60.7 Å². The van der Waals surface area contributed by atoms with Crippen LogP contribution in [0.4, 0.5) is 0 Å². The van der Waals surface area contributed by atoms with Crippen LogP contribution in [0.2, 0.25) is 0 Å². The second kappa shape index (κ2) is 10.9. The van der Waals surface area contributed by atoms with E-state index in [1.165, 1.54) is 30.9 Å². The number of thiophene rings is 1. The summed E-state index contributed by atoms with van der Waals surface area (Å²) in [6, 6.07) is 55.0. The molecule has 4 aromatic heterocycles. The van der Waals surface area contributed by atoms with E-state index < -0.39 is 0 Å². The normalized spacial score (nSPS) is 11.9. The van der Waals surface area contributed by atoms with Crippen LogP contribution in [0.25, 0.3) is 104 Å². The van der Waals surface area contributed by atoms with Gasteiger partial charge in [-0.1, -0.05) is 97.1 Å². The minimum absolute atomic E-state index is 0.603. The monoisotopic (exact) mass is 670 g/mol. The van der Waals surface area contributed by atoms with Crippen molar-refractivity contribution < 1.29 is 4.42 Å². The van der Waals surface area contributed by atoms with E-state index in [4.69, 9.17) is 19.4 Å². The molecule has 0 N–H and O–H groups in total. The van der Waals surface area contributed by atoms with Crippen LogP contribution < -0.4 is 0 Å². The predicted octanol–water partition coefficient (Wildman–Crippen LogP) is 12.2. The number of fused-ring (bicyclic) bond motifs is 9. The Labute approximate surface area is 295 Å². The fraction of sp³-hybridized carbons (Fsp3) is 0. The van der Waals surface area contributed by atoms with Crippen molar-refractivity contribution in [3.63, 3.8) is 0 Å². The van der Waals surface area contributed by atoms with E-state index in [2.05, 4.69) is 132 Å². The van der Waals surface area contributed by atoms with Crippen molar-refractivity contribution in [1.29, 1.82) is 0 Å². The molecule has 0 amide bonds. The molecule has 0 saturated heterocycles. The van der Waals surface area contributed by atoms with Gasteiger partial charge in [0.25, 0.3) is 0 Å². The molecule has 0 aliphatic rings. The molecule has 0 unspecified atom stereocenters. The molecule has 0 spiro atoms. The Morgan fingerprint density at radius 1 is 0.431 bits per heavy atom. The van der Waals surface area contributed by atoms with E-state index in [1.54, 1.807) is 11.3 Å². The molecule has 4 heterocycles. The number of para-hydroxylation sites is 3. The third-order valence-electron chi connectivity index (χ3n) is 9.86. The number of aromatic nitrogens is 4. The zero-order chi connectivity index (χ0) is 33.5. The minimum atomic E-state index is 0.603. The third-order valence-corrected chi connectivity index (χ3v) is 11.0. The Morgan fingerprint density at radius 3 is 1.96 bits per heavy atom. The van der Waals surface area contributed by atoms with Crippen molar-refractivity contribution in [3.8, 4) is 39.9 Å². The maximum Gasteiger partial charge on any atom is 0.164 e. The van der Waals surface area contributed by atoms with E-state index in [1.807, 2.05) is 30.3 Å². The molecule has 11 rings (SSSR count). The molecule has 0 atom stereocenters. The average Bonchev–Trinajstić information content (AvgIpc) is 3.87. The van der Waals surface area contributed by atoms with E-state index in [9.17, 15) is 0 Å².